The van der Waals surface area contributed by atoms with Crippen LogP contribution in [0.25, 0.3) is 0 Å². The Bertz CT molecular complexity index is 437. The molecule has 1 N–H and O–H groups in total. The molecule has 2 amide bonds. The summed E-state index contributed by atoms with van der Waals surface area (Å²) in [5.41, 5.74) is -0.240. The van der Waals surface area contributed by atoms with Crippen LogP contribution in [0.5, 0.6) is 0 Å². The number of urea groups is 1. The Balaban J connectivity index is 1.69. The maximum absolute atomic E-state index is 13.4. The first-order chi connectivity index (χ1) is 10.3. The molecule has 7 heteroatoms. The van der Waals surface area contributed by atoms with E-state index in [1.165, 1.54) is 0 Å². The fourth-order valence-corrected chi connectivity index (χ4v) is 4.18. The SMILES string of the molecule is C[C@]12CC[C@H]1CCN2C(=O)NC(C1CCOCC1)C(F)(F)F. The van der Waals surface area contributed by atoms with Crippen LogP contribution in [-0.4, -0.2) is 48.4 Å². The lowest BCUT2D eigenvalue weighted by atomic mass is 9.69. The summed E-state index contributed by atoms with van der Waals surface area (Å²) in [5, 5.41) is 2.29. The van der Waals surface area contributed by atoms with Crippen LogP contribution in [0.3, 0.4) is 0 Å². The second-order valence-corrected chi connectivity index (χ2v) is 6.95. The van der Waals surface area contributed by atoms with Crippen molar-refractivity contribution >= 4 is 6.03 Å². The summed E-state index contributed by atoms with van der Waals surface area (Å²) >= 11 is 0. The third-order valence-corrected chi connectivity index (χ3v) is 5.81. The molecule has 2 saturated heterocycles. The average Bonchev–Trinajstić information content (AvgIpc) is 2.68. The summed E-state index contributed by atoms with van der Waals surface area (Å²) in [7, 11) is 0. The molecule has 2 heterocycles. The minimum Gasteiger partial charge on any atom is -0.381 e. The van der Waals surface area contributed by atoms with E-state index in [-0.39, 0.29) is 5.54 Å². The molecule has 1 unspecified atom stereocenters. The number of rotatable bonds is 2. The van der Waals surface area contributed by atoms with Gasteiger partial charge in [-0.3, -0.25) is 0 Å². The number of fused-ring (bicyclic) bond motifs is 1. The Morgan fingerprint density at radius 2 is 1.95 bits per heavy atom. The summed E-state index contributed by atoms with van der Waals surface area (Å²) in [6.45, 7) is 3.21. The van der Waals surface area contributed by atoms with Crippen molar-refractivity contribution in [1.29, 1.82) is 0 Å². The maximum Gasteiger partial charge on any atom is 0.408 e. The zero-order chi connectivity index (χ0) is 16.0. The van der Waals surface area contributed by atoms with Gasteiger partial charge in [-0.15, -0.1) is 0 Å². The van der Waals surface area contributed by atoms with E-state index in [1.807, 2.05) is 6.92 Å². The third kappa shape index (κ3) is 2.68. The molecule has 0 spiro atoms. The first-order valence-electron chi connectivity index (χ1n) is 8.05. The first kappa shape index (κ1) is 15.9. The lowest BCUT2D eigenvalue weighted by Gasteiger charge is -2.47. The van der Waals surface area contributed by atoms with Crippen molar-refractivity contribution in [3.8, 4) is 0 Å². The van der Waals surface area contributed by atoms with Crippen molar-refractivity contribution in [3.63, 3.8) is 0 Å². The molecule has 3 rings (SSSR count). The fraction of sp³-hybridized carbons (Fsp3) is 0.933. The Hall–Kier alpha value is -0.980. The number of halogens is 3. The van der Waals surface area contributed by atoms with Gasteiger partial charge in [-0.25, -0.2) is 4.79 Å². The van der Waals surface area contributed by atoms with E-state index in [0.717, 1.165) is 19.3 Å². The van der Waals surface area contributed by atoms with E-state index < -0.39 is 24.2 Å². The molecule has 3 fully saturated rings. The minimum absolute atomic E-state index is 0.240. The largest absolute Gasteiger partial charge is 0.408 e. The quantitative estimate of drug-likeness (QED) is 0.850. The lowest BCUT2D eigenvalue weighted by Crippen LogP contribution is -2.60. The van der Waals surface area contributed by atoms with Gasteiger partial charge >= 0.3 is 12.2 Å². The number of nitrogens with one attached hydrogen (secondary N) is 1. The van der Waals surface area contributed by atoms with Crippen LogP contribution in [0.4, 0.5) is 18.0 Å². The number of hydrogen-bond acceptors (Lipinski definition) is 2. The molecule has 0 bridgehead atoms. The molecule has 0 aromatic rings. The molecule has 126 valence electrons. The number of amides is 2. The van der Waals surface area contributed by atoms with Crippen molar-refractivity contribution in [3.05, 3.63) is 0 Å². The molecular weight excluding hydrogens is 297 g/mol. The van der Waals surface area contributed by atoms with E-state index in [0.29, 0.717) is 38.5 Å². The zero-order valence-electron chi connectivity index (χ0n) is 12.8. The van der Waals surface area contributed by atoms with Crippen molar-refractivity contribution in [1.82, 2.24) is 10.2 Å². The van der Waals surface area contributed by atoms with Gasteiger partial charge in [0.05, 0.1) is 0 Å². The smallest absolute Gasteiger partial charge is 0.381 e. The minimum atomic E-state index is -4.42. The highest BCUT2D eigenvalue weighted by Crippen LogP contribution is 2.49. The summed E-state index contributed by atoms with van der Waals surface area (Å²) in [6.07, 6.45) is -0.883. The van der Waals surface area contributed by atoms with Gasteiger partial charge in [-0.1, -0.05) is 0 Å². The predicted octanol–water partition coefficient (Wildman–Crippen LogP) is 2.93. The standard InChI is InChI=1S/C15H23F3N2O2/c1-14-6-2-11(14)3-7-20(14)13(21)19-12(15(16,17)18)10-4-8-22-9-5-10/h10-12H,2-9H2,1H3,(H,19,21)/t11-,12?,14-/m0/s1. The lowest BCUT2D eigenvalue weighted by molar-refractivity contribution is -0.172. The molecule has 1 saturated carbocycles. The van der Waals surface area contributed by atoms with Gasteiger partial charge in [0.15, 0.2) is 0 Å². The van der Waals surface area contributed by atoms with Crippen LogP contribution >= 0.6 is 0 Å². The van der Waals surface area contributed by atoms with Gasteiger partial charge in [-0.05, 0) is 50.9 Å². The van der Waals surface area contributed by atoms with Gasteiger partial charge in [-0.2, -0.15) is 13.2 Å². The van der Waals surface area contributed by atoms with E-state index in [4.69, 9.17) is 4.74 Å². The Labute approximate surface area is 128 Å². The van der Waals surface area contributed by atoms with Crippen LogP contribution in [0.15, 0.2) is 0 Å². The van der Waals surface area contributed by atoms with Crippen LogP contribution in [-0.2, 0) is 4.74 Å². The summed E-state index contributed by atoms with van der Waals surface area (Å²) in [5.74, 6) is -0.143. The molecule has 3 atom stereocenters. The number of carbonyl (C=O) groups excluding carboxylic acids is 1. The van der Waals surface area contributed by atoms with E-state index >= 15 is 0 Å². The highest BCUT2D eigenvalue weighted by molar-refractivity contribution is 5.76. The Morgan fingerprint density at radius 1 is 1.27 bits per heavy atom. The van der Waals surface area contributed by atoms with Crippen LogP contribution in [0.1, 0.15) is 39.0 Å². The van der Waals surface area contributed by atoms with Gasteiger partial charge in [0, 0.05) is 25.3 Å². The molecule has 0 aromatic carbocycles. The van der Waals surface area contributed by atoms with Gasteiger partial charge in [0.1, 0.15) is 6.04 Å². The zero-order valence-corrected chi connectivity index (χ0v) is 12.8. The number of alkyl halides is 3. The molecule has 4 nitrogen and oxygen atoms in total. The number of nitrogens with zero attached hydrogens (tertiary/aromatic N) is 1. The van der Waals surface area contributed by atoms with Gasteiger partial charge in [0.2, 0.25) is 0 Å². The molecule has 1 aliphatic carbocycles. The second kappa shape index (κ2) is 5.58. The third-order valence-electron chi connectivity index (χ3n) is 5.81. The Morgan fingerprint density at radius 3 is 2.45 bits per heavy atom. The molecular formula is C15H23F3N2O2. The number of ether oxygens (including phenoxy) is 1. The van der Waals surface area contributed by atoms with E-state index in [2.05, 4.69) is 5.32 Å². The van der Waals surface area contributed by atoms with Crippen LogP contribution < -0.4 is 5.32 Å². The predicted molar refractivity (Wildman–Crippen MR) is 74.4 cm³/mol. The molecule has 2 aliphatic heterocycles. The monoisotopic (exact) mass is 320 g/mol. The number of hydrogen-bond donors (Lipinski definition) is 1. The van der Waals surface area contributed by atoms with Crippen molar-refractivity contribution in [2.75, 3.05) is 19.8 Å². The van der Waals surface area contributed by atoms with Crippen molar-refractivity contribution in [2.45, 2.75) is 56.8 Å². The second-order valence-electron chi connectivity index (χ2n) is 6.95. The van der Waals surface area contributed by atoms with Gasteiger partial charge < -0.3 is 15.0 Å². The highest BCUT2D eigenvalue weighted by Gasteiger charge is 2.54. The van der Waals surface area contributed by atoms with E-state index in [1.54, 1.807) is 4.90 Å². The summed E-state index contributed by atoms with van der Waals surface area (Å²) in [4.78, 5) is 14.0. The van der Waals surface area contributed by atoms with Crippen LogP contribution in [0.2, 0.25) is 0 Å². The molecule has 0 aromatic heterocycles. The van der Waals surface area contributed by atoms with Crippen molar-refractivity contribution in [2.24, 2.45) is 11.8 Å². The molecule has 22 heavy (non-hydrogen) atoms. The number of likely N-dealkylation sites (tertiary alicyclic amines) is 1. The van der Waals surface area contributed by atoms with Crippen LogP contribution in [0, 0.1) is 11.8 Å². The van der Waals surface area contributed by atoms with E-state index in [9.17, 15) is 18.0 Å². The molecule has 3 aliphatic rings. The van der Waals surface area contributed by atoms with Crippen molar-refractivity contribution < 1.29 is 22.7 Å². The molecule has 0 radical (unpaired) electrons. The first-order valence-corrected chi connectivity index (χ1v) is 8.05. The normalized spacial score (nSPS) is 34.0. The average molecular weight is 320 g/mol. The number of carbonyl (C=O) groups is 1. The van der Waals surface area contributed by atoms with Gasteiger partial charge in [0.25, 0.3) is 0 Å². The Kier molecular flexibility index (Phi) is 4.03. The summed E-state index contributed by atoms with van der Waals surface area (Å²) < 4.78 is 45.2. The topological polar surface area (TPSA) is 41.6 Å². The fourth-order valence-electron chi connectivity index (χ4n) is 4.18. The maximum atomic E-state index is 13.4. The highest BCUT2D eigenvalue weighted by atomic mass is 19.4. The summed E-state index contributed by atoms with van der Waals surface area (Å²) in [6, 6.07) is -2.33.